The van der Waals surface area contributed by atoms with Crippen LogP contribution in [0, 0.1) is 0 Å². The van der Waals surface area contributed by atoms with E-state index in [1.165, 1.54) is 35.1 Å². The number of hydrogen-bond acceptors (Lipinski definition) is 4. The molecule has 42 heavy (non-hydrogen) atoms. The van der Waals surface area contributed by atoms with E-state index in [1.807, 2.05) is 0 Å². The molecule has 0 spiro atoms. The predicted molar refractivity (Wildman–Crippen MR) is 182 cm³/mol. The second-order valence-electron chi connectivity index (χ2n) is 16.3. The third-order valence-electron chi connectivity index (χ3n) is 8.50. The largest absolute Gasteiger partial charge is 0.496 e. The second-order valence-corrected chi connectivity index (χ2v) is 16.3. The molecular formula is C38H58N2O2. The molecule has 1 saturated carbocycles. The van der Waals surface area contributed by atoms with Crippen molar-refractivity contribution in [3.8, 4) is 11.5 Å². The highest BCUT2D eigenvalue weighted by molar-refractivity contribution is 5.86. The molecule has 0 N–H and O–H groups in total. The highest BCUT2D eigenvalue weighted by atomic mass is 16.5. The fourth-order valence-electron chi connectivity index (χ4n) is 5.72. The molecule has 2 atom stereocenters. The Bertz CT molecular complexity index is 1190. The summed E-state index contributed by atoms with van der Waals surface area (Å²) in [5.41, 5.74) is 7.11. The molecule has 0 radical (unpaired) electrons. The van der Waals surface area contributed by atoms with E-state index in [-0.39, 0.29) is 33.7 Å². The van der Waals surface area contributed by atoms with Crippen molar-refractivity contribution in [3.63, 3.8) is 0 Å². The van der Waals surface area contributed by atoms with Crippen molar-refractivity contribution in [1.82, 2.24) is 0 Å². The molecule has 1 aliphatic carbocycles. The van der Waals surface area contributed by atoms with Gasteiger partial charge in [-0.2, -0.15) is 0 Å². The van der Waals surface area contributed by atoms with Gasteiger partial charge in [0.2, 0.25) is 0 Å². The lowest BCUT2D eigenvalue weighted by Gasteiger charge is -2.29. The lowest BCUT2D eigenvalue weighted by molar-refractivity contribution is 0.387. The molecule has 4 heteroatoms. The standard InChI is InChI=1S/C38H58N2O2/c1-35(2,3)27-19-25(33(41-13)29(21-27)37(7,8)9)23-39-31-17-15-16-18-32(31)40-24-26-20-28(36(4,5)6)22-30(34(26)42-14)38(10,11)12/h19-24,31-32H,15-18H2,1-14H3/t31-,32-/m1/s1. The molecule has 0 aromatic heterocycles. The summed E-state index contributed by atoms with van der Waals surface area (Å²) in [5, 5.41) is 0. The minimum atomic E-state index is -0.0422. The van der Waals surface area contributed by atoms with Gasteiger partial charge in [-0.25, -0.2) is 0 Å². The van der Waals surface area contributed by atoms with Gasteiger partial charge in [0.05, 0.1) is 26.3 Å². The lowest BCUT2D eigenvalue weighted by Crippen LogP contribution is -2.27. The van der Waals surface area contributed by atoms with Gasteiger partial charge in [0.1, 0.15) is 11.5 Å². The Hall–Kier alpha value is -2.62. The molecule has 2 aromatic rings. The fraction of sp³-hybridized carbons (Fsp3) is 0.632. The Balaban J connectivity index is 2.05. The fourth-order valence-corrected chi connectivity index (χ4v) is 5.72. The van der Waals surface area contributed by atoms with Gasteiger partial charge in [-0.3, -0.25) is 9.98 Å². The van der Waals surface area contributed by atoms with E-state index in [9.17, 15) is 0 Å². The SMILES string of the molecule is COc1c(C=N[C@@H]2CCCC[C@H]2N=Cc2cc(C(C)(C)C)cc(C(C)(C)C)c2OC)cc(C(C)(C)C)cc1C(C)(C)C. The summed E-state index contributed by atoms with van der Waals surface area (Å²) < 4.78 is 12.0. The van der Waals surface area contributed by atoms with Gasteiger partial charge in [-0.1, -0.05) is 108 Å². The number of hydrogen-bond donors (Lipinski definition) is 0. The van der Waals surface area contributed by atoms with Crippen LogP contribution in [0.5, 0.6) is 11.5 Å². The number of nitrogens with zero attached hydrogens (tertiary/aromatic N) is 2. The van der Waals surface area contributed by atoms with E-state index >= 15 is 0 Å². The third-order valence-corrected chi connectivity index (χ3v) is 8.50. The maximum absolute atomic E-state index is 6.01. The smallest absolute Gasteiger partial charge is 0.131 e. The number of methoxy groups -OCH3 is 2. The van der Waals surface area contributed by atoms with Crippen LogP contribution in [0.3, 0.4) is 0 Å². The van der Waals surface area contributed by atoms with E-state index < -0.39 is 0 Å². The second kappa shape index (κ2) is 12.5. The zero-order valence-electron chi connectivity index (χ0n) is 29.2. The van der Waals surface area contributed by atoms with Gasteiger partial charge in [-0.05, 0) is 57.8 Å². The first-order valence-electron chi connectivity index (χ1n) is 15.8. The summed E-state index contributed by atoms with van der Waals surface area (Å²) in [6.07, 6.45) is 8.55. The maximum Gasteiger partial charge on any atom is 0.131 e. The van der Waals surface area contributed by atoms with Crippen molar-refractivity contribution >= 4 is 12.4 Å². The quantitative estimate of drug-likeness (QED) is 0.322. The molecule has 0 saturated heterocycles. The molecule has 0 unspecified atom stereocenters. The van der Waals surface area contributed by atoms with Gasteiger partial charge >= 0.3 is 0 Å². The van der Waals surface area contributed by atoms with Gasteiger partial charge in [-0.15, -0.1) is 0 Å². The lowest BCUT2D eigenvalue weighted by atomic mass is 9.79. The van der Waals surface area contributed by atoms with Crippen LogP contribution in [0.25, 0.3) is 0 Å². The Labute approximate surface area is 257 Å². The van der Waals surface area contributed by atoms with Gasteiger partial charge in [0.25, 0.3) is 0 Å². The van der Waals surface area contributed by atoms with Crippen molar-refractivity contribution in [2.45, 2.75) is 143 Å². The van der Waals surface area contributed by atoms with Gasteiger partial charge < -0.3 is 9.47 Å². The Morgan fingerprint density at radius 2 is 0.881 bits per heavy atom. The van der Waals surface area contributed by atoms with E-state index in [1.54, 1.807) is 14.2 Å². The Morgan fingerprint density at radius 3 is 1.14 bits per heavy atom. The first-order valence-corrected chi connectivity index (χ1v) is 15.8. The van der Waals surface area contributed by atoms with Crippen LogP contribution >= 0.6 is 0 Å². The molecule has 0 bridgehead atoms. The normalized spacial score (nSPS) is 19.1. The molecule has 4 nitrogen and oxygen atoms in total. The minimum Gasteiger partial charge on any atom is -0.496 e. The topological polar surface area (TPSA) is 43.2 Å². The molecular weight excluding hydrogens is 516 g/mol. The van der Waals surface area contributed by atoms with Crippen LogP contribution in [0.2, 0.25) is 0 Å². The van der Waals surface area contributed by atoms with E-state index in [0.29, 0.717) is 0 Å². The Kier molecular flexibility index (Phi) is 10.1. The van der Waals surface area contributed by atoms with Crippen molar-refractivity contribution in [2.75, 3.05) is 14.2 Å². The maximum atomic E-state index is 6.01. The Morgan fingerprint density at radius 1 is 0.548 bits per heavy atom. The molecule has 1 aliphatic rings. The van der Waals surface area contributed by atoms with Crippen molar-refractivity contribution in [3.05, 3.63) is 57.6 Å². The highest BCUT2D eigenvalue weighted by Crippen LogP contribution is 2.39. The average Bonchev–Trinajstić information content (AvgIpc) is 2.87. The van der Waals surface area contributed by atoms with Crippen LogP contribution in [0.1, 0.15) is 142 Å². The molecule has 0 amide bonds. The van der Waals surface area contributed by atoms with Crippen molar-refractivity contribution in [2.24, 2.45) is 9.98 Å². The van der Waals surface area contributed by atoms with Crippen LogP contribution in [0.4, 0.5) is 0 Å². The summed E-state index contributed by atoms with van der Waals surface area (Å²) in [4.78, 5) is 10.4. The molecule has 3 rings (SSSR count). The number of aliphatic imine (C=N–C) groups is 2. The highest BCUT2D eigenvalue weighted by Gasteiger charge is 2.28. The van der Waals surface area contributed by atoms with Gasteiger partial charge in [0.15, 0.2) is 0 Å². The number of rotatable bonds is 6. The molecule has 2 aromatic carbocycles. The zero-order chi connectivity index (χ0) is 31.7. The van der Waals surface area contributed by atoms with Crippen LogP contribution in [-0.4, -0.2) is 38.7 Å². The minimum absolute atomic E-state index is 0.0269. The summed E-state index contributed by atoms with van der Waals surface area (Å²) >= 11 is 0. The van der Waals surface area contributed by atoms with E-state index in [0.717, 1.165) is 35.5 Å². The average molecular weight is 575 g/mol. The van der Waals surface area contributed by atoms with E-state index in [2.05, 4.69) is 120 Å². The van der Waals surface area contributed by atoms with Crippen molar-refractivity contribution < 1.29 is 9.47 Å². The third kappa shape index (κ3) is 8.05. The first-order chi connectivity index (χ1) is 19.3. The van der Waals surface area contributed by atoms with Crippen LogP contribution in [0.15, 0.2) is 34.3 Å². The molecule has 1 fully saturated rings. The molecule has 0 aliphatic heterocycles. The van der Waals surface area contributed by atoms with Gasteiger partial charge in [0, 0.05) is 34.7 Å². The molecule has 232 valence electrons. The monoisotopic (exact) mass is 574 g/mol. The summed E-state index contributed by atoms with van der Waals surface area (Å²) in [6.45, 7) is 27.1. The zero-order valence-corrected chi connectivity index (χ0v) is 29.2. The molecule has 0 heterocycles. The summed E-state index contributed by atoms with van der Waals surface area (Å²) in [7, 11) is 3.55. The summed E-state index contributed by atoms with van der Waals surface area (Å²) in [6, 6.07) is 9.42. The first kappa shape index (κ1) is 33.9. The van der Waals surface area contributed by atoms with Crippen molar-refractivity contribution in [1.29, 1.82) is 0 Å². The number of benzene rings is 2. The predicted octanol–water partition coefficient (Wildman–Crippen LogP) is 9.74. The van der Waals surface area contributed by atoms with E-state index in [4.69, 9.17) is 19.5 Å². The number of ether oxygens (including phenoxy) is 2. The summed E-state index contributed by atoms with van der Waals surface area (Å²) in [5.74, 6) is 1.85. The van der Waals surface area contributed by atoms with Crippen LogP contribution in [-0.2, 0) is 21.7 Å². The van der Waals surface area contributed by atoms with Crippen LogP contribution < -0.4 is 9.47 Å².